The van der Waals surface area contributed by atoms with Gasteiger partial charge in [0.15, 0.2) is 5.82 Å². The van der Waals surface area contributed by atoms with Crippen LogP contribution in [0.3, 0.4) is 0 Å². The van der Waals surface area contributed by atoms with E-state index in [0.717, 1.165) is 43.4 Å². The van der Waals surface area contributed by atoms with Crippen LogP contribution in [0.1, 0.15) is 39.8 Å². The second-order valence-electron chi connectivity index (χ2n) is 6.75. The molecule has 0 aliphatic carbocycles. The molecule has 118 valence electrons. The quantitative estimate of drug-likeness (QED) is 0.906. The summed E-state index contributed by atoms with van der Waals surface area (Å²) in [5, 5.41) is 12.2. The summed E-state index contributed by atoms with van der Waals surface area (Å²) in [6, 6.07) is 4.21. The van der Waals surface area contributed by atoms with Crippen LogP contribution in [0.2, 0.25) is 0 Å². The molecule has 0 atom stereocenters. The Morgan fingerprint density at radius 2 is 2.10 bits per heavy atom. The minimum absolute atomic E-state index is 0.378. The molecule has 0 bridgehead atoms. The van der Waals surface area contributed by atoms with Gasteiger partial charge in [-0.15, -0.1) is 5.10 Å². The van der Waals surface area contributed by atoms with Gasteiger partial charge < -0.3 is 10.2 Å². The highest BCUT2D eigenvalue weighted by Gasteiger charge is 2.24. The highest BCUT2D eigenvalue weighted by molar-refractivity contribution is 8.00. The van der Waals surface area contributed by atoms with Crippen LogP contribution < -0.4 is 10.2 Å². The van der Waals surface area contributed by atoms with Gasteiger partial charge in [-0.1, -0.05) is 27.7 Å². The van der Waals surface area contributed by atoms with E-state index in [9.17, 15) is 0 Å². The van der Waals surface area contributed by atoms with Crippen molar-refractivity contribution in [2.75, 3.05) is 30.3 Å². The standard InChI is InChI=1S/C16H28N4S/c1-13(2)11-17-12-14-5-6-15(19-18-14)20-8-7-16(3,4)21-10-9-20/h5-6,13,17H,7-12H2,1-4H3. The fourth-order valence-corrected chi connectivity index (χ4v) is 3.45. The zero-order valence-corrected chi connectivity index (χ0v) is 14.5. The molecule has 1 saturated heterocycles. The summed E-state index contributed by atoms with van der Waals surface area (Å²) < 4.78 is 0.378. The van der Waals surface area contributed by atoms with Crippen LogP contribution in [-0.4, -0.2) is 40.3 Å². The van der Waals surface area contributed by atoms with Crippen LogP contribution in [0.4, 0.5) is 5.82 Å². The molecule has 1 aliphatic rings. The van der Waals surface area contributed by atoms with Gasteiger partial charge in [0, 0.05) is 30.1 Å². The second-order valence-corrected chi connectivity index (χ2v) is 8.55. The van der Waals surface area contributed by atoms with Crippen LogP contribution in [0.15, 0.2) is 12.1 Å². The van der Waals surface area contributed by atoms with Crippen molar-refractivity contribution in [2.24, 2.45) is 5.92 Å². The van der Waals surface area contributed by atoms with Crippen molar-refractivity contribution < 1.29 is 0 Å². The van der Waals surface area contributed by atoms with E-state index in [0.29, 0.717) is 10.7 Å². The number of rotatable bonds is 5. The Bertz CT molecular complexity index is 430. The molecule has 2 rings (SSSR count). The van der Waals surface area contributed by atoms with E-state index in [-0.39, 0.29) is 0 Å². The van der Waals surface area contributed by atoms with Crippen molar-refractivity contribution >= 4 is 17.6 Å². The average molecular weight is 308 g/mol. The highest BCUT2D eigenvalue weighted by atomic mass is 32.2. The molecule has 1 aromatic rings. The molecule has 0 aromatic carbocycles. The predicted molar refractivity (Wildman–Crippen MR) is 91.9 cm³/mol. The lowest BCUT2D eigenvalue weighted by Gasteiger charge is -2.23. The Hall–Kier alpha value is -0.810. The van der Waals surface area contributed by atoms with Crippen molar-refractivity contribution in [3.8, 4) is 0 Å². The number of hydrogen-bond acceptors (Lipinski definition) is 5. The van der Waals surface area contributed by atoms with Gasteiger partial charge >= 0.3 is 0 Å². The van der Waals surface area contributed by atoms with Gasteiger partial charge in [-0.2, -0.15) is 16.9 Å². The summed E-state index contributed by atoms with van der Waals surface area (Å²) in [7, 11) is 0. The average Bonchev–Trinajstić information content (AvgIpc) is 2.60. The third-order valence-corrected chi connectivity index (χ3v) is 5.10. The Morgan fingerprint density at radius 1 is 1.29 bits per heavy atom. The monoisotopic (exact) mass is 308 g/mol. The largest absolute Gasteiger partial charge is 0.354 e. The van der Waals surface area contributed by atoms with Crippen molar-refractivity contribution in [1.29, 1.82) is 0 Å². The van der Waals surface area contributed by atoms with E-state index in [1.54, 1.807) is 0 Å². The van der Waals surface area contributed by atoms with E-state index in [1.165, 1.54) is 6.42 Å². The SMILES string of the molecule is CC(C)CNCc1ccc(N2CCSC(C)(C)CC2)nn1. The van der Waals surface area contributed by atoms with E-state index in [1.807, 2.05) is 0 Å². The summed E-state index contributed by atoms with van der Waals surface area (Å²) in [5.41, 5.74) is 1.02. The number of thioether (sulfide) groups is 1. The topological polar surface area (TPSA) is 41.0 Å². The lowest BCUT2D eigenvalue weighted by molar-refractivity contribution is 0.546. The van der Waals surface area contributed by atoms with Crippen LogP contribution >= 0.6 is 11.8 Å². The predicted octanol–water partition coefficient (Wildman–Crippen LogP) is 2.94. The van der Waals surface area contributed by atoms with Crippen molar-refractivity contribution in [1.82, 2.24) is 15.5 Å². The van der Waals surface area contributed by atoms with E-state index >= 15 is 0 Å². The first-order valence-electron chi connectivity index (χ1n) is 7.88. The summed E-state index contributed by atoms with van der Waals surface area (Å²) in [5.74, 6) is 2.84. The van der Waals surface area contributed by atoms with Gasteiger partial charge in [-0.25, -0.2) is 0 Å². The maximum absolute atomic E-state index is 4.42. The molecule has 1 aliphatic heterocycles. The van der Waals surface area contributed by atoms with E-state index < -0.39 is 0 Å². The summed E-state index contributed by atoms with van der Waals surface area (Å²) in [6.45, 7) is 13.0. The lowest BCUT2D eigenvalue weighted by Crippen LogP contribution is -2.28. The smallest absolute Gasteiger partial charge is 0.151 e. The summed E-state index contributed by atoms with van der Waals surface area (Å²) in [6.07, 6.45) is 1.19. The Labute approximate surface area is 133 Å². The lowest BCUT2D eigenvalue weighted by atomic mass is 10.1. The van der Waals surface area contributed by atoms with Gasteiger partial charge in [-0.3, -0.25) is 0 Å². The molecule has 2 heterocycles. The first kappa shape index (κ1) is 16.6. The molecule has 1 N–H and O–H groups in total. The van der Waals surface area contributed by atoms with Crippen LogP contribution in [0, 0.1) is 5.92 Å². The number of nitrogens with zero attached hydrogens (tertiary/aromatic N) is 3. The molecule has 1 fully saturated rings. The Morgan fingerprint density at radius 3 is 2.76 bits per heavy atom. The first-order chi connectivity index (χ1) is 9.96. The minimum atomic E-state index is 0.378. The van der Waals surface area contributed by atoms with Gasteiger partial charge in [0.25, 0.3) is 0 Å². The normalized spacial score (nSPS) is 18.8. The van der Waals surface area contributed by atoms with Crippen molar-refractivity contribution in [3.05, 3.63) is 17.8 Å². The summed E-state index contributed by atoms with van der Waals surface area (Å²) >= 11 is 2.06. The Kier molecular flexibility index (Phi) is 5.88. The van der Waals surface area contributed by atoms with Crippen LogP contribution in [0.5, 0.6) is 0 Å². The molecule has 0 radical (unpaired) electrons. The molecule has 1 aromatic heterocycles. The minimum Gasteiger partial charge on any atom is -0.354 e. The van der Waals surface area contributed by atoms with Crippen molar-refractivity contribution in [2.45, 2.75) is 45.4 Å². The molecule has 0 unspecified atom stereocenters. The van der Waals surface area contributed by atoms with Gasteiger partial charge in [0.2, 0.25) is 0 Å². The van der Waals surface area contributed by atoms with Crippen LogP contribution in [-0.2, 0) is 6.54 Å². The molecule has 0 saturated carbocycles. The zero-order valence-electron chi connectivity index (χ0n) is 13.7. The van der Waals surface area contributed by atoms with E-state index in [2.05, 4.69) is 72.0 Å². The molecular weight excluding hydrogens is 280 g/mol. The fraction of sp³-hybridized carbons (Fsp3) is 0.750. The van der Waals surface area contributed by atoms with Gasteiger partial charge in [0.05, 0.1) is 5.69 Å². The second kappa shape index (κ2) is 7.45. The number of nitrogens with one attached hydrogen (secondary N) is 1. The molecule has 21 heavy (non-hydrogen) atoms. The fourth-order valence-electron chi connectivity index (χ4n) is 2.35. The van der Waals surface area contributed by atoms with Crippen LogP contribution in [0.25, 0.3) is 0 Å². The van der Waals surface area contributed by atoms with Gasteiger partial charge in [-0.05, 0) is 31.0 Å². The summed E-state index contributed by atoms with van der Waals surface area (Å²) in [4.78, 5) is 2.36. The Balaban J connectivity index is 1.89. The molecular formula is C16H28N4S. The maximum Gasteiger partial charge on any atom is 0.151 e. The number of aromatic nitrogens is 2. The van der Waals surface area contributed by atoms with Gasteiger partial charge in [0.1, 0.15) is 0 Å². The number of hydrogen-bond donors (Lipinski definition) is 1. The molecule has 0 amide bonds. The number of anilines is 1. The highest BCUT2D eigenvalue weighted by Crippen LogP contribution is 2.31. The third kappa shape index (κ3) is 5.47. The third-order valence-electron chi connectivity index (χ3n) is 3.73. The van der Waals surface area contributed by atoms with Crippen molar-refractivity contribution in [3.63, 3.8) is 0 Å². The zero-order chi connectivity index (χ0) is 15.3. The maximum atomic E-state index is 4.42. The van der Waals surface area contributed by atoms with E-state index in [4.69, 9.17) is 0 Å². The first-order valence-corrected chi connectivity index (χ1v) is 8.87. The molecule has 4 nitrogen and oxygen atoms in total. The molecule has 5 heteroatoms. The molecule has 0 spiro atoms.